The molecule has 0 saturated carbocycles. The van der Waals surface area contributed by atoms with E-state index in [1.807, 2.05) is 0 Å². The number of carbonyl (C=O) groups is 1. The SMILES string of the molecule is COC(=O)C1CCN(c2nc(C(N)=CC(=NCc3ccccc3F)c3ccon3)ncc2F)CC1. The van der Waals surface area contributed by atoms with Crippen LogP contribution >= 0.6 is 0 Å². The number of carbonyl (C=O) groups excluding carboxylic acids is 1. The predicted molar refractivity (Wildman–Crippen MR) is 124 cm³/mol. The first-order chi connectivity index (χ1) is 17.0. The highest BCUT2D eigenvalue weighted by molar-refractivity contribution is 6.10. The number of aliphatic imine (C=N–C) groups is 1. The van der Waals surface area contributed by atoms with Crippen molar-refractivity contribution < 1.29 is 22.8 Å². The van der Waals surface area contributed by atoms with Crippen LogP contribution in [-0.2, 0) is 16.1 Å². The van der Waals surface area contributed by atoms with Crippen molar-refractivity contribution in [3.05, 3.63) is 77.6 Å². The van der Waals surface area contributed by atoms with Gasteiger partial charge in [-0.1, -0.05) is 23.4 Å². The third kappa shape index (κ3) is 5.68. The molecule has 0 radical (unpaired) electrons. The molecule has 0 amide bonds. The van der Waals surface area contributed by atoms with Gasteiger partial charge in [-0.3, -0.25) is 9.79 Å². The molecule has 11 heteroatoms. The second kappa shape index (κ2) is 10.9. The molecular weight excluding hydrogens is 458 g/mol. The molecule has 0 bridgehead atoms. The molecule has 1 saturated heterocycles. The molecule has 3 aromatic rings. The fourth-order valence-corrected chi connectivity index (χ4v) is 3.77. The summed E-state index contributed by atoms with van der Waals surface area (Å²) in [6.07, 6.45) is 4.96. The molecule has 182 valence electrons. The number of nitrogens with zero attached hydrogens (tertiary/aromatic N) is 5. The Labute approximate surface area is 200 Å². The quantitative estimate of drug-likeness (QED) is 0.403. The van der Waals surface area contributed by atoms with Gasteiger partial charge >= 0.3 is 5.97 Å². The molecule has 3 heterocycles. The first-order valence-electron chi connectivity index (χ1n) is 11.0. The van der Waals surface area contributed by atoms with Crippen molar-refractivity contribution in [3.8, 4) is 0 Å². The molecule has 2 aromatic heterocycles. The first kappa shape index (κ1) is 24.0. The van der Waals surface area contributed by atoms with Gasteiger partial charge in [-0.05, 0) is 25.0 Å². The summed E-state index contributed by atoms with van der Waals surface area (Å²) >= 11 is 0. The number of hydrogen-bond acceptors (Lipinski definition) is 9. The summed E-state index contributed by atoms with van der Waals surface area (Å²) in [5.74, 6) is -1.27. The lowest BCUT2D eigenvalue weighted by Crippen LogP contribution is -2.37. The zero-order chi connectivity index (χ0) is 24.8. The van der Waals surface area contributed by atoms with Crippen molar-refractivity contribution in [2.75, 3.05) is 25.1 Å². The summed E-state index contributed by atoms with van der Waals surface area (Å²) in [6.45, 7) is 0.916. The number of halogens is 2. The molecule has 1 aromatic carbocycles. The normalized spacial score (nSPS) is 15.3. The summed E-state index contributed by atoms with van der Waals surface area (Å²) in [4.78, 5) is 26.3. The van der Waals surface area contributed by atoms with Gasteiger partial charge in [0, 0.05) is 24.7 Å². The molecule has 0 atom stereocenters. The molecule has 1 fully saturated rings. The fourth-order valence-electron chi connectivity index (χ4n) is 3.77. The molecular formula is C24H24F2N6O3. The number of anilines is 1. The van der Waals surface area contributed by atoms with E-state index in [1.54, 1.807) is 29.2 Å². The molecule has 9 nitrogen and oxygen atoms in total. The van der Waals surface area contributed by atoms with Crippen molar-refractivity contribution in [1.29, 1.82) is 0 Å². The fraction of sp³-hybridized carbons (Fsp3) is 0.292. The Bertz CT molecular complexity index is 1240. The Morgan fingerprint density at radius 2 is 2.03 bits per heavy atom. The van der Waals surface area contributed by atoms with Gasteiger partial charge in [-0.25, -0.2) is 18.7 Å². The number of nitrogens with two attached hydrogens (primary N) is 1. The second-order valence-corrected chi connectivity index (χ2v) is 7.93. The molecule has 0 unspecified atom stereocenters. The molecule has 35 heavy (non-hydrogen) atoms. The van der Waals surface area contributed by atoms with E-state index < -0.39 is 5.82 Å². The number of methoxy groups -OCH3 is 1. The molecule has 1 aliphatic heterocycles. The first-order valence-corrected chi connectivity index (χ1v) is 11.0. The summed E-state index contributed by atoms with van der Waals surface area (Å²) in [5, 5.41) is 3.88. The van der Waals surface area contributed by atoms with Gasteiger partial charge in [0.05, 0.1) is 37.2 Å². The summed E-state index contributed by atoms with van der Waals surface area (Å²) < 4.78 is 38.3. The summed E-state index contributed by atoms with van der Waals surface area (Å²) in [6, 6.07) is 7.89. The predicted octanol–water partition coefficient (Wildman–Crippen LogP) is 3.12. The molecule has 4 rings (SSSR count). The number of ether oxygens (including phenoxy) is 1. The second-order valence-electron chi connectivity index (χ2n) is 7.93. The van der Waals surface area contributed by atoms with Crippen LogP contribution in [0, 0.1) is 17.6 Å². The zero-order valence-electron chi connectivity index (χ0n) is 19.0. The summed E-state index contributed by atoms with van der Waals surface area (Å²) in [5.41, 5.74) is 7.48. The van der Waals surface area contributed by atoms with Crippen LogP contribution in [0.5, 0.6) is 0 Å². The zero-order valence-corrected chi connectivity index (χ0v) is 19.0. The molecule has 0 aliphatic carbocycles. The monoisotopic (exact) mass is 482 g/mol. The van der Waals surface area contributed by atoms with E-state index >= 15 is 0 Å². The number of benzene rings is 1. The average molecular weight is 482 g/mol. The van der Waals surface area contributed by atoms with Crippen LogP contribution in [0.4, 0.5) is 14.6 Å². The lowest BCUT2D eigenvalue weighted by molar-refractivity contribution is -0.146. The number of piperidine rings is 1. The minimum absolute atomic E-state index is 0.0450. The van der Waals surface area contributed by atoms with Crippen molar-refractivity contribution in [1.82, 2.24) is 15.1 Å². The van der Waals surface area contributed by atoms with E-state index in [2.05, 4.69) is 20.1 Å². The minimum atomic E-state index is -0.594. The number of hydrogen-bond donors (Lipinski definition) is 1. The molecule has 2 N–H and O–H groups in total. The average Bonchev–Trinajstić information content (AvgIpc) is 3.42. The van der Waals surface area contributed by atoms with Crippen LogP contribution in [0.25, 0.3) is 5.70 Å². The van der Waals surface area contributed by atoms with E-state index in [0.717, 1.165) is 6.20 Å². The van der Waals surface area contributed by atoms with Gasteiger partial charge in [0.2, 0.25) is 0 Å². The highest BCUT2D eigenvalue weighted by Crippen LogP contribution is 2.25. The van der Waals surface area contributed by atoms with Crippen LogP contribution in [0.15, 0.2) is 58.4 Å². The maximum Gasteiger partial charge on any atom is 0.308 e. The standard InChI is InChI=1S/C24H24F2N6O3/c1-34-24(33)15-6-9-32(10-7-15)23-18(26)14-29-22(30-23)19(27)12-21(20-8-11-35-31-20)28-13-16-4-2-3-5-17(16)25/h2-5,8,11-12,14-15H,6-7,9-10,13,27H2,1H3. The van der Waals surface area contributed by atoms with E-state index in [4.69, 9.17) is 15.0 Å². The van der Waals surface area contributed by atoms with Crippen molar-refractivity contribution in [2.24, 2.45) is 16.6 Å². The van der Waals surface area contributed by atoms with E-state index in [1.165, 1.54) is 25.5 Å². The Balaban J connectivity index is 1.58. The van der Waals surface area contributed by atoms with Crippen LogP contribution in [0.3, 0.4) is 0 Å². The van der Waals surface area contributed by atoms with E-state index in [-0.39, 0.29) is 41.6 Å². The van der Waals surface area contributed by atoms with Gasteiger partial charge < -0.3 is 19.9 Å². The van der Waals surface area contributed by atoms with Crippen molar-refractivity contribution in [2.45, 2.75) is 19.4 Å². The van der Waals surface area contributed by atoms with Crippen LogP contribution in [-0.4, -0.2) is 47.0 Å². The van der Waals surface area contributed by atoms with Crippen LogP contribution in [0.1, 0.15) is 29.9 Å². The van der Waals surface area contributed by atoms with Gasteiger partial charge in [0.1, 0.15) is 17.8 Å². The van der Waals surface area contributed by atoms with Crippen LogP contribution < -0.4 is 10.6 Å². The lowest BCUT2D eigenvalue weighted by atomic mass is 9.97. The number of esters is 1. The maximum atomic E-state index is 14.6. The Hall–Kier alpha value is -4.15. The smallest absolute Gasteiger partial charge is 0.308 e. The van der Waals surface area contributed by atoms with Crippen LogP contribution in [0.2, 0.25) is 0 Å². The topological polar surface area (TPSA) is 120 Å². The largest absolute Gasteiger partial charge is 0.469 e. The maximum absolute atomic E-state index is 14.6. The Morgan fingerprint density at radius 3 is 2.71 bits per heavy atom. The van der Waals surface area contributed by atoms with E-state index in [9.17, 15) is 13.6 Å². The highest BCUT2D eigenvalue weighted by Gasteiger charge is 2.28. The molecule has 0 spiro atoms. The third-order valence-electron chi connectivity index (χ3n) is 5.68. The van der Waals surface area contributed by atoms with E-state index in [0.29, 0.717) is 42.9 Å². The number of aromatic nitrogens is 3. The minimum Gasteiger partial charge on any atom is -0.469 e. The number of rotatable bonds is 7. The van der Waals surface area contributed by atoms with Crippen molar-refractivity contribution >= 4 is 23.2 Å². The Kier molecular flexibility index (Phi) is 7.44. The highest BCUT2D eigenvalue weighted by atomic mass is 19.1. The number of allylic oxidation sites excluding steroid dienone is 1. The van der Waals surface area contributed by atoms with Gasteiger partial charge in [0.25, 0.3) is 0 Å². The van der Waals surface area contributed by atoms with Crippen molar-refractivity contribution in [3.63, 3.8) is 0 Å². The summed E-state index contributed by atoms with van der Waals surface area (Å²) in [7, 11) is 1.35. The lowest BCUT2D eigenvalue weighted by Gasteiger charge is -2.31. The van der Waals surface area contributed by atoms with Gasteiger partial charge in [-0.15, -0.1) is 0 Å². The van der Waals surface area contributed by atoms with Gasteiger partial charge in [0.15, 0.2) is 17.5 Å². The molecule has 1 aliphatic rings. The third-order valence-corrected chi connectivity index (χ3v) is 5.68. The van der Waals surface area contributed by atoms with Gasteiger partial charge in [-0.2, -0.15) is 0 Å². The Morgan fingerprint density at radius 1 is 1.26 bits per heavy atom.